The first-order valence-corrected chi connectivity index (χ1v) is 8.37. The van der Waals surface area contributed by atoms with E-state index < -0.39 is 0 Å². The zero-order valence-electron chi connectivity index (χ0n) is 11.3. The summed E-state index contributed by atoms with van der Waals surface area (Å²) in [6.45, 7) is 6.53. The zero-order valence-corrected chi connectivity index (χ0v) is 12.1. The quantitative estimate of drug-likeness (QED) is 0.619. The maximum atomic E-state index is 6.09. The average Bonchev–Trinajstić information content (AvgIpc) is 2.69. The monoisotopic (exact) mass is 270 g/mol. The van der Waals surface area contributed by atoms with Crippen LogP contribution in [0.5, 0.6) is 0 Å². The molecule has 0 saturated carbocycles. The molecule has 0 bridgehead atoms. The fourth-order valence-electron chi connectivity index (χ4n) is 2.53. The summed E-state index contributed by atoms with van der Waals surface area (Å²) in [5.41, 5.74) is 6.09. The number of likely N-dealkylation sites (tertiary alicyclic amines) is 1. The maximum Gasteiger partial charge on any atom is 0.191 e. The van der Waals surface area contributed by atoms with Crippen molar-refractivity contribution in [2.45, 2.75) is 25.7 Å². The molecule has 2 saturated heterocycles. The molecule has 0 amide bonds. The predicted molar refractivity (Wildman–Crippen MR) is 80.3 cm³/mol. The second-order valence-electron chi connectivity index (χ2n) is 5.10. The number of aliphatic imine (C=N–C) groups is 1. The van der Waals surface area contributed by atoms with Crippen LogP contribution in [0.4, 0.5) is 0 Å². The van der Waals surface area contributed by atoms with Crippen LogP contribution in [0.1, 0.15) is 25.7 Å². The van der Waals surface area contributed by atoms with Crippen molar-refractivity contribution in [3.05, 3.63) is 0 Å². The van der Waals surface area contributed by atoms with Crippen molar-refractivity contribution in [1.29, 1.82) is 0 Å². The third-order valence-corrected chi connectivity index (χ3v) is 4.67. The fraction of sp³-hybridized carbons (Fsp3) is 0.923. The van der Waals surface area contributed by atoms with Crippen LogP contribution in [-0.4, -0.2) is 66.5 Å². The van der Waals surface area contributed by atoms with Crippen LogP contribution in [-0.2, 0) is 0 Å². The molecule has 0 aliphatic carbocycles. The molecule has 5 heteroatoms. The molecule has 2 fully saturated rings. The summed E-state index contributed by atoms with van der Waals surface area (Å²) in [4.78, 5) is 9.31. The number of hydrogen-bond acceptors (Lipinski definition) is 3. The fourth-order valence-corrected chi connectivity index (χ4v) is 3.51. The highest BCUT2D eigenvalue weighted by Gasteiger charge is 2.12. The first-order chi connectivity index (χ1) is 8.86. The summed E-state index contributed by atoms with van der Waals surface area (Å²) >= 11 is 2.05. The van der Waals surface area contributed by atoms with E-state index in [0.29, 0.717) is 0 Å². The molecule has 0 aromatic heterocycles. The van der Waals surface area contributed by atoms with Gasteiger partial charge >= 0.3 is 0 Å². The molecular weight excluding hydrogens is 244 g/mol. The number of nitrogens with two attached hydrogens (primary N) is 1. The molecule has 0 aromatic carbocycles. The number of nitrogens with zero attached hydrogens (tertiary/aromatic N) is 3. The molecule has 4 nitrogen and oxygen atoms in total. The Morgan fingerprint density at radius 1 is 1.00 bits per heavy atom. The van der Waals surface area contributed by atoms with E-state index in [1.807, 2.05) is 0 Å². The Hall–Kier alpha value is -0.420. The summed E-state index contributed by atoms with van der Waals surface area (Å²) < 4.78 is 0. The van der Waals surface area contributed by atoms with E-state index in [9.17, 15) is 0 Å². The number of thioether (sulfide) groups is 1. The highest BCUT2D eigenvalue weighted by molar-refractivity contribution is 7.99. The largest absolute Gasteiger partial charge is 0.370 e. The van der Waals surface area contributed by atoms with Crippen molar-refractivity contribution in [2.75, 3.05) is 50.8 Å². The van der Waals surface area contributed by atoms with Crippen LogP contribution >= 0.6 is 11.8 Å². The second-order valence-corrected chi connectivity index (χ2v) is 6.32. The Kier molecular flexibility index (Phi) is 6.14. The lowest BCUT2D eigenvalue weighted by molar-refractivity contribution is 0.310. The van der Waals surface area contributed by atoms with Crippen molar-refractivity contribution < 1.29 is 0 Å². The van der Waals surface area contributed by atoms with Gasteiger partial charge in [0.05, 0.1) is 6.54 Å². The van der Waals surface area contributed by atoms with Crippen LogP contribution in [0, 0.1) is 0 Å². The van der Waals surface area contributed by atoms with Crippen molar-refractivity contribution >= 4 is 17.7 Å². The van der Waals surface area contributed by atoms with Crippen LogP contribution < -0.4 is 5.73 Å². The van der Waals surface area contributed by atoms with Gasteiger partial charge in [0.1, 0.15) is 0 Å². The molecule has 0 unspecified atom stereocenters. The maximum absolute atomic E-state index is 6.09. The molecule has 2 heterocycles. The van der Waals surface area contributed by atoms with Gasteiger partial charge in [0.15, 0.2) is 5.96 Å². The number of hydrogen-bond donors (Lipinski definition) is 1. The van der Waals surface area contributed by atoms with Crippen molar-refractivity contribution in [3.63, 3.8) is 0 Å². The van der Waals surface area contributed by atoms with Crippen LogP contribution in [0.25, 0.3) is 0 Å². The van der Waals surface area contributed by atoms with E-state index >= 15 is 0 Å². The molecule has 2 aliphatic rings. The minimum absolute atomic E-state index is 0.767. The molecule has 2 rings (SSSR count). The molecule has 18 heavy (non-hydrogen) atoms. The second kappa shape index (κ2) is 7.89. The molecule has 0 aromatic rings. The van der Waals surface area contributed by atoms with Crippen LogP contribution in [0.2, 0.25) is 0 Å². The zero-order chi connectivity index (χ0) is 12.6. The summed E-state index contributed by atoms with van der Waals surface area (Å²) in [6, 6.07) is 0. The van der Waals surface area contributed by atoms with Gasteiger partial charge in [0.25, 0.3) is 0 Å². The Labute approximate surface area is 115 Å². The Balaban J connectivity index is 1.69. The SMILES string of the molecule is NC(=NCCN1CCSCC1)N1CCCCCC1. The van der Waals surface area contributed by atoms with E-state index in [2.05, 4.69) is 26.6 Å². The van der Waals surface area contributed by atoms with E-state index in [-0.39, 0.29) is 0 Å². The highest BCUT2D eigenvalue weighted by Crippen LogP contribution is 2.10. The smallest absolute Gasteiger partial charge is 0.191 e. The van der Waals surface area contributed by atoms with Crippen molar-refractivity contribution in [3.8, 4) is 0 Å². The molecule has 2 N–H and O–H groups in total. The normalized spacial score (nSPS) is 24.0. The van der Waals surface area contributed by atoms with Crippen LogP contribution in [0.15, 0.2) is 4.99 Å². The minimum atomic E-state index is 0.767. The van der Waals surface area contributed by atoms with Gasteiger partial charge in [0.2, 0.25) is 0 Å². The van der Waals surface area contributed by atoms with Gasteiger partial charge in [-0.1, -0.05) is 12.8 Å². The van der Waals surface area contributed by atoms with E-state index in [1.54, 1.807) is 0 Å². The van der Waals surface area contributed by atoms with Crippen LogP contribution in [0.3, 0.4) is 0 Å². The molecule has 104 valence electrons. The lowest BCUT2D eigenvalue weighted by Gasteiger charge is -2.26. The third-order valence-electron chi connectivity index (χ3n) is 3.72. The Bertz CT molecular complexity index is 256. The number of guanidine groups is 1. The van der Waals surface area contributed by atoms with Crippen molar-refractivity contribution in [1.82, 2.24) is 9.80 Å². The average molecular weight is 270 g/mol. The molecular formula is C13H26N4S. The van der Waals surface area contributed by atoms with Crippen molar-refractivity contribution in [2.24, 2.45) is 10.7 Å². The predicted octanol–water partition coefficient (Wildman–Crippen LogP) is 1.23. The summed E-state index contributed by atoms with van der Waals surface area (Å²) in [5, 5.41) is 0. The lowest BCUT2D eigenvalue weighted by Crippen LogP contribution is -2.39. The number of rotatable bonds is 3. The molecule has 2 aliphatic heterocycles. The summed E-state index contributed by atoms with van der Waals surface area (Å²) in [6.07, 6.45) is 5.21. The first kappa shape index (κ1) is 14.0. The van der Waals surface area contributed by atoms with Gasteiger partial charge in [-0.05, 0) is 12.8 Å². The Morgan fingerprint density at radius 3 is 2.33 bits per heavy atom. The van der Waals surface area contributed by atoms with E-state index in [4.69, 9.17) is 5.73 Å². The van der Waals surface area contributed by atoms with Gasteiger partial charge < -0.3 is 10.6 Å². The topological polar surface area (TPSA) is 44.9 Å². The highest BCUT2D eigenvalue weighted by atomic mass is 32.2. The lowest BCUT2D eigenvalue weighted by atomic mass is 10.2. The van der Waals surface area contributed by atoms with E-state index in [0.717, 1.165) is 32.1 Å². The minimum Gasteiger partial charge on any atom is -0.370 e. The summed E-state index contributed by atoms with van der Waals surface area (Å²) in [5.74, 6) is 3.31. The summed E-state index contributed by atoms with van der Waals surface area (Å²) in [7, 11) is 0. The third kappa shape index (κ3) is 4.69. The standard InChI is InChI=1S/C13H26N4S/c14-13(17-6-3-1-2-4-7-17)15-5-8-16-9-11-18-12-10-16/h1-12H2,(H2,14,15). The Morgan fingerprint density at radius 2 is 1.67 bits per heavy atom. The van der Waals surface area contributed by atoms with E-state index in [1.165, 1.54) is 50.3 Å². The van der Waals surface area contributed by atoms with Gasteiger partial charge in [-0.3, -0.25) is 9.89 Å². The van der Waals surface area contributed by atoms with Gasteiger partial charge in [0, 0.05) is 44.2 Å². The van der Waals surface area contributed by atoms with Gasteiger partial charge in [-0.2, -0.15) is 11.8 Å². The molecule has 0 atom stereocenters. The molecule has 0 radical (unpaired) electrons. The molecule has 0 spiro atoms. The van der Waals surface area contributed by atoms with Gasteiger partial charge in [-0.15, -0.1) is 0 Å². The van der Waals surface area contributed by atoms with Gasteiger partial charge in [-0.25, -0.2) is 0 Å². The first-order valence-electron chi connectivity index (χ1n) is 7.21.